The van der Waals surface area contributed by atoms with Gasteiger partial charge in [0.15, 0.2) is 0 Å². The molecule has 0 saturated heterocycles. The third-order valence-electron chi connectivity index (χ3n) is 4.51. The first-order valence-electron chi connectivity index (χ1n) is 9.29. The highest BCUT2D eigenvalue weighted by Gasteiger charge is 2.39. The summed E-state index contributed by atoms with van der Waals surface area (Å²) >= 11 is 12.2. The van der Waals surface area contributed by atoms with Crippen molar-refractivity contribution in [2.75, 3.05) is 18.5 Å². The second-order valence-corrected chi connectivity index (χ2v) is 7.87. The van der Waals surface area contributed by atoms with Crippen LogP contribution in [0.3, 0.4) is 0 Å². The molecule has 0 radical (unpaired) electrons. The van der Waals surface area contributed by atoms with E-state index in [9.17, 15) is 9.59 Å². The molecule has 1 aliphatic heterocycles. The van der Waals surface area contributed by atoms with Crippen molar-refractivity contribution in [2.45, 2.75) is 26.9 Å². The second-order valence-electron chi connectivity index (χ2n) is 7.03. The van der Waals surface area contributed by atoms with Gasteiger partial charge in [-0.1, -0.05) is 41.4 Å². The van der Waals surface area contributed by atoms with Crippen LogP contribution in [0.15, 0.2) is 48.2 Å². The maximum absolute atomic E-state index is 13.1. The number of imide groups is 1. The van der Waals surface area contributed by atoms with Crippen molar-refractivity contribution in [3.05, 3.63) is 69.3 Å². The summed E-state index contributed by atoms with van der Waals surface area (Å²) in [6, 6.07) is 12.2. The molecule has 3 rings (SSSR count). The Balaban J connectivity index is 1.97. The lowest BCUT2D eigenvalue weighted by Gasteiger charge is -2.16. The number of amides is 2. The van der Waals surface area contributed by atoms with Crippen molar-refractivity contribution in [2.24, 2.45) is 0 Å². The minimum absolute atomic E-state index is 0.0128. The summed E-state index contributed by atoms with van der Waals surface area (Å²) in [6.45, 7) is 6.14. The van der Waals surface area contributed by atoms with Crippen molar-refractivity contribution < 1.29 is 14.3 Å². The van der Waals surface area contributed by atoms with E-state index in [1.807, 2.05) is 32.9 Å². The summed E-state index contributed by atoms with van der Waals surface area (Å²) in [6.07, 6.45) is 0.0128. The molecule has 0 atom stereocenters. The van der Waals surface area contributed by atoms with Crippen LogP contribution in [0.25, 0.3) is 5.57 Å². The molecule has 0 unspecified atom stereocenters. The molecule has 1 aliphatic rings. The van der Waals surface area contributed by atoms with E-state index in [0.717, 1.165) is 5.56 Å². The highest BCUT2D eigenvalue weighted by Crippen LogP contribution is 2.32. The van der Waals surface area contributed by atoms with Crippen LogP contribution in [0.4, 0.5) is 5.69 Å². The van der Waals surface area contributed by atoms with Gasteiger partial charge < -0.3 is 10.1 Å². The SMILES string of the molecule is Cc1ccc(NC2=C(c3ccc(Cl)cc3)C(=O)N(CCOC(C)C)C2=O)cc1Cl. The standard InChI is InChI=1S/C22H22Cl2N2O3/c1-13(2)29-11-10-26-21(27)19(15-5-7-16(23)8-6-15)20(22(26)28)25-17-9-4-14(3)18(24)12-17/h4-9,12-13,25H,10-11H2,1-3H3. The van der Waals surface area contributed by atoms with Gasteiger partial charge in [-0.15, -0.1) is 0 Å². The molecule has 29 heavy (non-hydrogen) atoms. The molecule has 5 nitrogen and oxygen atoms in total. The molecule has 0 spiro atoms. The maximum Gasteiger partial charge on any atom is 0.278 e. The van der Waals surface area contributed by atoms with E-state index in [1.165, 1.54) is 4.90 Å². The number of hydrogen-bond donors (Lipinski definition) is 1. The van der Waals surface area contributed by atoms with Gasteiger partial charge in [0.1, 0.15) is 5.70 Å². The number of aryl methyl sites for hydroxylation is 1. The lowest BCUT2D eigenvalue weighted by atomic mass is 10.0. The lowest BCUT2D eigenvalue weighted by Crippen LogP contribution is -2.35. The van der Waals surface area contributed by atoms with E-state index in [-0.39, 0.29) is 30.9 Å². The van der Waals surface area contributed by atoms with Crippen LogP contribution in [0.2, 0.25) is 10.0 Å². The average molecular weight is 433 g/mol. The molecule has 0 fully saturated rings. The van der Waals surface area contributed by atoms with Gasteiger partial charge in [0, 0.05) is 15.7 Å². The molecular weight excluding hydrogens is 411 g/mol. The Hall–Kier alpha value is -2.34. The number of halogens is 2. The largest absolute Gasteiger partial charge is 0.377 e. The average Bonchev–Trinajstić information content (AvgIpc) is 2.89. The zero-order chi connectivity index (χ0) is 21.1. The number of nitrogens with one attached hydrogen (secondary N) is 1. The van der Waals surface area contributed by atoms with Gasteiger partial charge >= 0.3 is 0 Å². The second kappa shape index (κ2) is 8.99. The van der Waals surface area contributed by atoms with Gasteiger partial charge in [0.05, 0.1) is 24.8 Å². The first-order chi connectivity index (χ1) is 13.8. The molecule has 2 amide bonds. The van der Waals surface area contributed by atoms with Crippen molar-refractivity contribution in [1.29, 1.82) is 0 Å². The Morgan fingerprint density at radius 1 is 1.03 bits per heavy atom. The molecule has 2 aromatic carbocycles. The number of rotatable bonds is 7. The molecule has 1 heterocycles. The maximum atomic E-state index is 13.1. The number of nitrogens with zero attached hydrogens (tertiary/aromatic N) is 1. The number of anilines is 1. The molecule has 2 aromatic rings. The predicted octanol–water partition coefficient (Wildman–Crippen LogP) is 4.92. The van der Waals surface area contributed by atoms with Crippen LogP contribution >= 0.6 is 23.2 Å². The molecule has 0 aliphatic carbocycles. The zero-order valence-corrected chi connectivity index (χ0v) is 18.0. The number of hydrogen-bond acceptors (Lipinski definition) is 4. The normalized spacial score (nSPS) is 14.3. The highest BCUT2D eigenvalue weighted by atomic mass is 35.5. The Morgan fingerprint density at radius 2 is 1.72 bits per heavy atom. The first kappa shape index (κ1) is 21.4. The number of carbonyl (C=O) groups excluding carboxylic acids is 2. The summed E-state index contributed by atoms with van der Waals surface area (Å²) in [4.78, 5) is 27.4. The van der Waals surface area contributed by atoms with E-state index in [0.29, 0.717) is 26.9 Å². The quantitative estimate of drug-likeness (QED) is 0.630. The molecule has 0 aromatic heterocycles. The first-order valence-corrected chi connectivity index (χ1v) is 10.0. The molecule has 0 bridgehead atoms. The fourth-order valence-corrected chi connectivity index (χ4v) is 3.28. The van der Waals surface area contributed by atoms with Gasteiger partial charge in [-0.2, -0.15) is 0 Å². The molecule has 152 valence electrons. The zero-order valence-electron chi connectivity index (χ0n) is 16.5. The van der Waals surface area contributed by atoms with Gasteiger partial charge in [-0.05, 0) is 56.2 Å². The third kappa shape index (κ3) is 4.81. The fourth-order valence-electron chi connectivity index (χ4n) is 2.97. The van der Waals surface area contributed by atoms with Gasteiger partial charge in [0.2, 0.25) is 0 Å². The van der Waals surface area contributed by atoms with Crippen LogP contribution in [0, 0.1) is 6.92 Å². The minimum atomic E-state index is -0.399. The third-order valence-corrected chi connectivity index (χ3v) is 5.17. The van der Waals surface area contributed by atoms with Crippen LogP contribution in [0.5, 0.6) is 0 Å². The van der Waals surface area contributed by atoms with Gasteiger partial charge in [-0.3, -0.25) is 14.5 Å². The van der Waals surface area contributed by atoms with Crippen molar-refractivity contribution in [1.82, 2.24) is 4.90 Å². The van der Waals surface area contributed by atoms with Gasteiger partial charge in [-0.25, -0.2) is 0 Å². The number of ether oxygens (including phenoxy) is 1. The smallest absolute Gasteiger partial charge is 0.278 e. The topological polar surface area (TPSA) is 58.6 Å². The Morgan fingerprint density at radius 3 is 2.34 bits per heavy atom. The van der Waals surface area contributed by atoms with Crippen LogP contribution in [-0.2, 0) is 14.3 Å². The monoisotopic (exact) mass is 432 g/mol. The summed E-state index contributed by atoms with van der Waals surface area (Å²) in [5.74, 6) is -0.769. The molecule has 1 N–H and O–H groups in total. The van der Waals surface area contributed by atoms with E-state index in [1.54, 1.807) is 30.3 Å². The number of benzene rings is 2. The summed E-state index contributed by atoms with van der Waals surface area (Å²) in [5.41, 5.74) is 2.67. The van der Waals surface area contributed by atoms with Crippen LogP contribution in [0.1, 0.15) is 25.0 Å². The van der Waals surface area contributed by atoms with Crippen LogP contribution < -0.4 is 5.32 Å². The van der Waals surface area contributed by atoms with Crippen molar-refractivity contribution in [3.63, 3.8) is 0 Å². The Labute approximate surface area is 180 Å². The van der Waals surface area contributed by atoms with E-state index >= 15 is 0 Å². The number of carbonyl (C=O) groups is 2. The molecule has 7 heteroatoms. The molecule has 0 saturated carbocycles. The summed E-state index contributed by atoms with van der Waals surface area (Å²) < 4.78 is 5.52. The summed E-state index contributed by atoms with van der Waals surface area (Å²) in [7, 11) is 0. The Bertz CT molecular complexity index is 969. The Kier molecular flexibility index (Phi) is 6.63. The van der Waals surface area contributed by atoms with Crippen molar-refractivity contribution in [3.8, 4) is 0 Å². The molecular formula is C22H22Cl2N2O3. The van der Waals surface area contributed by atoms with Gasteiger partial charge in [0.25, 0.3) is 11.8 Å². The fraction of sp³-hybridized carbons (Fsp3) is 0.273. The predicted molar refractivity (Wildman–Crippen MR) is 116 cm³/mol. The minimum Gasteiger partial charge on any atom is -0.377 e. The lowest BCUT2D eigenvalue weighted by molar-refractivity contribution is -0.137. The van der Waals surface area contributed by atoms with E-state index in [2.05, 4.69) is 5.32 Å². The highest BCUT2D eigenvalue weighted by molar-refractivity contribution is 6.37. The van der Waals surface area contributed by atoms with E-state index in [4.69, 9.17) is 27.9 Å². The van der Waals surface area contributed by atoms with E-state index < -0.39 is 5.91 Å². The summed E-state index contributed by atoms with van der Waals surface area (Å²) in [5, 5.41) is 4.21. The van der Waals surface area contributed by atoms with Crippen LogP contribution in [-0.4, -0.2) is 36.0 Å². The van der Waals surface area contributed by atoms with Crippen molar-refractivity contribution >= 4 is 46.3 Å².